The van der Waals surface area contributed by atoms with E-state index in [0.29, 0.717) is 11.9 Å². The molecule has 0 bridgehead atoms. The fourth-order valence-corrected chi connectivity index (χ4v) is 3.57. The number of anilines is 1. The second-order valence-electron chi connectivity index (χ2n) is 6.85. The molecule has 1 N–H and O–H groups in total. The van der Waals surface area contributed by atoms with E-state index in [1.54, 1.807) is 0 Å². The zero-order valence-electron chi connectivity index (χ0n) is 14.0. The number of hydrogen-bond acceptors (Lipinski definition) is 6. The molecule has 2 aliphatic rings. The van der Waals surface area contributed by atoms with Gasteiger partial charge in [0.2, 0.25) is 5.89 Å². The third kappa shape index (κ3) is 3.43. The van der Waals surface area contributed by atoms with Gasteiger partial charge in [-0.3, -0.25) is 9.88 Å². The molecule has 1 aliphatic heterocycles. The molecule has 6 nitrogen and oxygen atoms in total. The minimum Gasteiger partial charge on any atom is -0.408 e. The Balaban J connectivity index is 1.44. The highest BCUT2D eigenvalue weighted by atomic mass is 16.4. The molecular weight excluding hydrogens is 302 g/mol. The van der Waals surface area contributed by atoms with Gasteiger partial charge >= 0.3 is 6.01 Å². The van der Waals surface area contributed by atoms with Crippen molar-refractivity contribution in [3.8, 4) is 0 Å². The number of aromatic nitrogens is 3. The Morgan fingerprint density at radius 1 is 1.17 bits per heavy atom. The molecule has 2 aromatic heterocycles. The first-order valence-corrected chi connectivity index (χ1v) is 9.11. The van der Waals surface area contributed by atoms with Crippen LogP contribution >= 0.6 is 0 Å². The highest BCUT2D eigenvalue weighted by molar-refractivity contribution is 5.23. The molecule has 24 heavy (non-hydrogen) atoms. The van der Waals surface area contributed by atoms with Crippen LogP contribution in [0, 0.1) is 0 Å². The summed E-state index contributed by atoms with van der Waals surface area (Å²) in [6.07, 6.45) is 11.3. The summed E-state index contributed by atoms with van der Waals surface area (Å²) < 4.78 is 5.79. The third-order valence-electron chi connectivity index (χ3n) is 5.24. The Labute approximate surface area is 142 Å². The smallest absolute Gasteiger partial charge is 0.315 e. The van der Waals surface area contributed by atoms with Crippen LogP contribution in [0.4, 0.5) is 6.01 Å². The van der Waals surface area contributed by atoms with Crippen molar-refractivity contribution < 1.29 is 4.42 Å². The van der Waals surface area contributed by atoms with Crippen molar-refractivity contribution in [1.29, 1.82) is 0 Å². The van der Waals surface area contributed by atoms with Crippen LogP contribution in [0.1, 0.15) is 61.9 Å². The Morgan fingerprint density at radius 2 is 2.04 bits per heavy atom. The quantitative estimate of drug-likeness (QED) is 0.877. The van der Waals surface area contributed by atoms with Crippen LogP contribution in [0.5, 0.6) is 0 Å². The second-order valence-corrected chi connectivity index (χ2v) is 6.85. The van der Waals surface area contributed by atoms with E-state index in [9.17, 15) is 0 Å². The molecule has 4 rings (SSSR count). The predicted octanol–water partition coefficient (Wildman–Crippen LogP) is 3.37. The molecule has 1 unspecified atom stereocenters. The molecule has 0 radical (unpaired) electrons. The van der Waals surface area contributed by atoms with Gasteiger partial charge in [-0.15, -0.1) is 5.10 Å². The first-order valence-electron chi connectivity index (χ1n) is 9.11. The van der Waals surface area contributed by atoms with Crippen LogP contribution in [-0.2, 0) is 0 Å². The summed E-state index contributed by atoms with van der Waals surface area (Å²) in [5.74, 6) is 1.27. The van der Waals surface area contributed by atoms with E-state index >= 15 is 0 Å². The van der Waals surface area contributed by atoms with Crippen LogP contribution in [0.25, 0.3) is 0 Å². The molecule has 1 aliphatic carbocycles. The van der Waals surface area contributed by atoms with E-state index in [0.717, 1.165) is 25.5 Å². The Kier molecular flexibility index (Phi) is 4.74. The Morgan fingerprint density at radius 3 is 2.75 bits per heavy atom. The van der Waals surface area contributed by atoms with Crippen LogP contribution in [-0.4, -0.2) is 39.7 Å². The highest BCUT2D eigenvalue weighted by Gasteiger charge is 2.26. The first kappa shape index (κ1) is 15.6. The molecule has 1 saturated heterocycles. The van der Waals surface area contributed by atoms with Gasteiger partial charge in [0, 0.05) is 24.9 Å². The summed E-state index contributed by atoms with van der Waals surface area (Å²) in [5.41, 5.74) is 1.24. The molecule has 1 atom stereocenters. The fraction of sp³-hybridized carbons (Fsp3) is 0.611. The van der Waals surface area contributed by atoms with Gasteiger partial charge in [0.25, 0.3) is 0 Å². The van der Waals surface area contributed by atoms with Crippen molar-refractivity contribution in [2.24, 2.45) is 0 Å². The lowest BCUT2D eigenvalue weighted by Crippen LogP contribution is -2.37. The largest absolute Gasteiger partial charge is 0.408 e. The van der Waals surface area contributed by atoms with Crippen molar-refractivity contribution in [2.75, 3.05) is 25.0 Å². The molecule has 0 spiro atoms. The number of piperidine rings is 1. The Bertz CT molecular complexity index is 634. The van der Waals surface area contributed by atoms with Crippen LogP contribution in [0.3, 0.4) is 0 Å². The summed E-state index contributed by atoms with van der Waals surface area (Å²) >= 11 is 0. The summed E-state index contributed by atoms with van der Waals surface area (Å²) in [4.78, 5) is 6.83. The van der Waals surface area contributed by atoms with Crippen molar-refractivity contribution in [2.45, 2.75) is 50.5 Å². The zero-order valence-corrected chi connectivity index (χ0v) is 14.0. The van der Waals surface area contributed by atoms with Gasteiger partial charge in [0.1, 0.15) is 0 Å². The monoisotopic (exact) mass is 327 g/mol. The molecule has 1 saturated carbocycles. The van der Waals surface area contributed by atoms with Gasteiger partial charge in [-0.1, -0.05) is 24.0 Å². The zero-order chi connectivity index (χ0) is 16.2. The number of likely N-dealkylation sites (tertiary alicyclic amines) is 1. The van der Waals surface area contributed by atoms with E-state index in [1.165, 1.54) is 44.1 Å². The highest BCUT2D eigenvalue weighted by Crippen LogP contribution is 2.36. The number of hydrogen-bond donors (Lipinski definition) is 1. The standard InChI is InChI=1S/C18H25N5O/c1-2-10-23(11-3-1)16(15-8-5-9-19-12-15)13-20-18-22-21-17(24-18)14-6-4-7-14/h5,8-9,12,14,16H,1-4,6-7,10-11,13H2,(H,20,22). The molecular formula is C18H25N5O. The van der Waals surface area contributed by atoms with E-state index in [1.807, 2.05) is 18.5 Å². The summed E-state index contributed by atoms with van der Waals surface area (Å²) in [6, 6.07) is 5.00. The summed E-state index contributed by atoms with van der Waals surface area (Å²) in [6.45, 7) is 3.04. The molecule has 0 aromatic carbocycles. The van der Waals surface area contributed by atoms with E-state index in [4.69, 9.17) is 4.42 Å². The minimum absolute atomic E-state index is 0.290. The van der Waals surface area contributed by atoms with Gasteiger partial charge in [0.05, 0.1) is 6.04 Å². The third-order valence-corrected chi connectivity index (χ3v) is 5.24. The van der Waals surface area contributed by atoms with Gasteiger partial charge in [-0.05, 0) is 50.4 Å². The van der Waals surface area contributed by atoms with Crippen LogP contribution in [0.15, 0.2) is 28.9 Å². The predicted molar refractivity (Wildman–Crippen MR) is 91.8 cm³/mol. The Hall–Kier alpha value is -1.95. The molecule has 3 heterocycles. The normalized spacial score (nSPS) is 20.5. The maximum absolute atomic E-state index is 5.79. The molecule has 6 heteroatoms. The van der Waals surface area contributed by atoms with Crippen molar-refractivity contribution in [1.82, 2.24) is 20.1 Å². The maximum atomic E-state index is 5.79. The van der Waals surface area contributed by atoms with Crippen LogP contribution < -0.4 is 5.32 Å². The van der Waals surface area contributed by atoms with E-state index in [-0.39, 0.29) is 6.04 Å². The summed E-state index contributed by atoms with van der Waals surface area (Å²) in [5, 5.41) is 11.7. The maximum Gasteiger partial charge on any atom is 0.315 e. The molecule has 2 fully saturated rings. The number of rotatable bonds is 6. The van der Waals surface area contributed by atoms with Gasteiger partial charge in [-0.25, -0.2) is 0 Å². The van der Waals surface area contributed by atoms with E-state index < -0.39 is 0 Å². The van der Waals surface area contributed by atoms with Gasteiger partial charge in [-0.2, -0.15) is 0 Å². The van der Waals surface area contributed by atoms with Crippen molar-refractivity contribution >= 4 is 6.01 Å². The SMILES string of the molecule is c1cncc(C(CNc2nnc(C3CCC3)o2)N2CCCCC2)c1. The average molecular weight is 327 g/mol. The minimum atomic E-state index is 0.290. The van der Waals surface area contributed by atoms with Gasteiger partial charge < -0.3 is 9.73 Å². The summed E-state index contributed by atoms with van der Waals surface area (Å²) in [7, 11) is 0. The first-order chi connectivity index (χ1) is 11.9. The lowest BCUT2D eigenvalue weighted by molar-refractivity contribution is 0.169. The van der Waals surface area contributed by atoms with Gasteiger partial charge in [0.15, 0.2) is 0 Å². The average Bonchev–Trinajstić information content (AvgIpc) is 3.04. The van der Waals surface area contributed by atoms with Crippen molar-refractivity contribution in [3.05, 3.63) is 36.0 Å². The topological polar surface area (TPSA) is 67.1 Å². The molecule has 128 valence electrons. The number of nitrogens with one attached hydrogen (secondary N) is 1. The van der Waals surface area contributed by atoms with Crippen LogP contribution in [0.2, 0.25) is 0 Å². The fourth-order valence-electron chi connectivity index (χ4n) is 3.57. The van der Waals surface area contributed by atoms with E-state index in [2.05, 4.69) is 31.5 Å². The number of pyridine rings is 1. The molecule has 0 amide bonds. The second kappa shape index (κ2) is 7.30. The lowest BCUT2D eigenvalue weighted by Gasteiger charge is -2.34. The number of nitrogens with zero attached hydrogens (tertiary/aromatic N) is 4. The lowest BCUT2D eigenvalue weighted by atomic mass is 9.85. The van der Waals surface area contributed by atoms with Crippen molar-refractivity contribution in [3.63, 3.8) is 0 Å². The molecule has 2 aromatic rings.